The molecule has 0 bridgehead atoms. The fourth-order valence-electron chi connectivity index (χ4n) is 2.63. The maximum absolute atomic E-state index is 4.77. The Kier molecular flexibility index (Phi) is 5.51. The predicted octanol–water partition coefficient (Wildman–Crippen LogP) is 2.80. The Morgan fingerprint density at radius 2 is 2.17 bits per heavy atom. The number of aliphatic imine (C=N–C) groups is 1. The molecule has 1 N–H and O–H groups in total. The molecule has 7 heteroatoms. The number of guanidine groups is 1. The van der Waals surface area contributed by atoms with Crippen LogP contribution < -0.4 is 10.2 Å². The lowest BCUT2D eigenvalue weighted by atomic mass is 10.3. The molecule has 1 aliphatic heterocycles. The maximum atomic E-state index is 4.77. The van der Waals surface area contributed by atoms with Gasteiger partial charge < -0.3 is 15.1 Å². The van der Waals surface area contributed by atoms with Gasteiger partial charge in [0.2, 0.25) is 0 Å². The van der Waals surface area contributed by atoms with Crippen LogP contribution in [0.2, 0.25) is 0 Å². The molecule has 5 nitrogen and oxygen atoms in total. The normalized spacial score (nSPS) is 16.0. The second-order valence-electron chi connectivity index (χ2n) is 5.46. The molecule has 3 rings (SSSR count). The van der Waals surface area contributed by atoms with E-state index in [-0.39, 0.29) is 0 Å². The van der Waals surface area contributed by atoms with Crippen LogP contribution in [0.4, 0.5) is 5.00 Å². The standard InChI is InChI=1S/C16H23N5S2/c1-3-17-16(19-12-14-18-11-13(2)23-14)21-8-6-20(7-9-21)15-5-4-10-22-15/h4-5,10-11H,3,6-9,12H2,1-2H3,(H,17,19). The first-order chi connectivity index (χ1) is 11.3. The first-order valence-electron chi connectivity index (χ1n) is 7.99. The van der Waals surface area contributed by atoms with Gasteiger partial charge in [0.15, 0.2) is 5.96 Å². The number of rotatable bonds is 4. The molecule has 23 heavy (non-hydrogen) atoms. The van der Waals surface area contributed by atoms with Crippen LogP contribution in [0.3, 0.4) is 0 Å². The summed E-state index contributed by atoms with van der Waals surface area (Å²) in [7, 11) is 0. The molecule has 0 saturated carbocycles. The van der Waals surface area contributed by atoms with E-state index in [1.54, 1.807) is 11.3 Å². The molecule has 0 radical (unpaired) electrons. The van der Waals surface area contributed by atoms with Crippen molar-refractivity contribution in [3.05, 3.63) is 33.6 Å². The second-order valence-corrected chi connectivity index (χ2v) is 7.71. The predicted molar refractivity (Wildman–Crippen MR) is 99.8 cm³/mol. The molecule has 1 saturated heterocycles. The summed E-state index contributed by atoms with van der Waals surface area (Å²) < 4.78 is 0. The number of aromatic nitrogens is 1. The number of anilines is 1. The van der Waals surface area contributed by atoms with Crippen molar-refractivity contribution in [2.75, 3.05) is 37.6 Å². The molecular formula is C16H23N5S2. The van der Waals surface area contributed by atoms with Gasteiger partial charge in [0.25, 0.3) is 0 Å². The molecule has 0 aromatic carbocycles. The Balaban J connectivity index is 1.60. The Hall–Kier alpha value is -1.60. The molecule has 0 spiro atoms. The van der Waals surface area contributed by atoms with E-state index in [0.717, 1.165) is 43.7 Å². The monoisotopic (exact) mass is 349 g/mol. The highest BCUT2D eigenvalue weighted by Gasteiger charge is 2.20. The Morgan fingerprint density at radius 3 is 2.78 bits per heavy atom. The number of aryl methyl sites for hydroxylation is 1. The van der Waals surface area contributed by atoms with E-state index in [4.69, 9.17) is 4.99 Å². The minimum absolute atomic E-state index is 0.659. The van der Waals surface area contributed by atoms with Gasteiger partial charge in [0.1, 0.15) is 5.01 Å². The van der Waals surface area contributed by atoms with Crippen LogP contribution >= 0.6 is 22.7 Å². The highest BCUT2D eigenvalue weighted by Crippen LogP contribution is 2.22. The van der Waals surface area contributed by atoms with Crippen molar-refractivity contribution >= 4 is 33.6 Å². The minimum Gasteiger partial charge on any atom is -0.360 e. The number of thiazole rings is 1. The molecule has 1 aliphatic rings. The van der Waals surface area contributed by atoms with Gasteiger partial charge in [-0.1, -0.05) is 0 Å². The number of piperazine rings is 1. The summed E-state index contributed by atoms with van der Waals surface area (Å²) in [6.07, 6.45) is 1.92. The Labute approximate surface area is 145 Å². The average molecular weight is 350 g/mol. The molecule has 0 amide bonds. The Morgan fingerprint density at radius 1 is 1.35 bits per heavy atom. The van der Waals surface area contributed by atoms with E-state index in [1.807, 2.05) is 17.5 Å². The number of hydrogen-bond acceptors (Lipinski definition) is 5. The van der Waals surface area contributed by atoms with Crippen molar-refractivity contribution in [3.8, 4) is 0 Å². The van der Waals surface area contributed by atoms with Crippen LogP contribution in [0, 0.1) is 6.92 Å². The molecular weight excluding hydrogens is 326 g/mol. The fourth-order valence-corrected chi connectivity index (χ4v) is 4.13. The van der Waals surface area contributed by atoms with E-state index in [2.05, 4.69) is 51.5 Å². The zero-order valence-corrected chi connectivity index (χ0v) is 15.3. The van der Waals surface area contributed by atoms with Gasteiger partial charge in [0.05, 0.1) is 11.5 Å². The first kappa shape index (κ1) is 16.3. The van der Waals surface area contributed by atoms with Crippen molar-refractivity contribution in [1.29, 1.82) is 0 Å². The summed E-state index contributed by atoms with van der Waals surface area (Å²) in [5, 5.41) is 8.00. The largest absolute Gasteiger partial charge is 0.360 e. The number of nitrogens with zero attached hydrogens (tertiary/aromatic N) is 4. The molecule has 0 unspecified atom stereocenters. The molecule has 1 fully saturated rings. The maximum Gasteiger partial charge on any atom is 0.194 e. The first-order valence-corrected chi connectivity index (χ1v) is 9.69. The van der Waals surface area contributed by atoms with Crippen molar-refractivity contribution < 1.29 is 0 Å². The van der Waals surface area contributed by atoms with E-state index in [9.17, 15) is 0 Å². The van der Waals surface area contributed by atoms with Crippen LogP contribution in [-0.4, -0.2) is 48.6 Å². The van der Waals surface area contributed by atoms with Crippen molar-refractivity contribution in [3.63, 3.8) is 0 Å². The summed E-state index contributed by atoms with van der Waals surface area (Å²) >= 11 is 3.54. The van der Waals surface area contributed by atoms with Gasteiger partial charge in [-0.2, -0.15) is 0 Å². The van der Waals surface area contributed by atoms with Crippen LogP contribution in [0.1, 0.15) is 16.8 Å². The van der Waals surface area contributed by atoms with Gasteiger partial charge in [-0.25, -0.2) is 9.98 Å². The summed E-state index contributed by atoms with van der Waals surface area (Å²) in [4.78, 5) is 15.2. The lowest BCUT2D eigenvalue weighted by molar-refractivity contribution is 0.373. The SMILES string of the molecule is CCNC(=NCc1ncc(C)s1)N1CCN(c2cccs2)CC1. The van der Waals surface area contributed by atoms with Crippen LogP contribution in [0.25, 0.3) is 0 Å². The van der Waals surface area contributed by atoms with E-state index in [0.29, 0.717) is 6.54 Å². The molecule has 3 heterocycles. The summed E-state index contributed by atoms with van der Waals surface area (Å²) in [6, 6.07) is 4.32. The van der Waals surface area contributed by atoms with Gasteiger partial charge >= 0.3 is 0 Å². The molecule has 124 valence electrons. The zero-order valence-electron chi connectivity index (χ0n) is 13.7. The average Bonchev–Trinajstić information content (AvgIpc) is 3.23. The minimum atomic E-state index is 0.659. The third-order valence-corrected chi connectivity index (χ3v) is 5.59. The van der Waals surface area contributed by atoms with Crippen LogP contribution in [-0.2, 0) is 6.54 Å². The molecule has 2 aromatic rings. The second kappa shape index (κ2) is 7.79. The van der Waals surface area contributed by atoms with Crippen molar-refractivity contribution in [1.82, 2.24) is 15.2 Å². The molecule has 0 aliphatic carbocycles. The van der Waals surface area contributed by atoms with Crippen LogP contribution in [0.5, 0.6) is 0 Å². The van der Waals surface area contributed by atoms with Crippen molar-refractivity contribution in [2.45, 2.75) is 20.4 Å². The summed E-state index contributed by atoms with van der Waals surface area (Å²) in [5.41, 5.74) is 0. The van der Waals surface area contributed by atoms with Gasteiger partial charge in [-0.05, 0) is 31.4 Å². The van der Waals surface area contributed by atoms with Gasteiger partial charge in [-0.3, -0.25) is 0 Å². The van der Waals surface area contributed by atoms with Gasteiger partial charge in [-0.15, -0.1) is 22.7 Å². The molecule has 0 atom stereocenters. The fraction of sp³-hybridized carbons (Fsp3) is 0.500. The number of hydrogen-bond donors (Lipinski definition) is 1. The highest BCUT2D eigenvalue weighted by molar-refractivity contribution is 7.14. The highest BCUT2D eigenvalue weighted by atomic mass is 32.1. The van der Waals surface area contributed by atoms with E-state index < -0.39 is 0 Å². The van der Waals surface area contributed by atoms with Gasteiger partial charge in [0, 0.05) is 43.8 Å². The van der Waals surface area contributed by atoms with E-state index >= 15 is 0 Å². The lowest BCUT2D eigenvalue weighted by Gasteiger charge is -2.37. The number of nitrogens with one attached hydrogen (secondary N) is 1. The topological polar surface area (TPSA) is 43.8 Å². The van der Waals surface area contributed by atoms with Crippen molar-refractivity contribution in [2.24, 2.45) is 4.99 Å². The third kappa shape index (κ3) is 4.23. The third-order valence-electron chi connectivity index (χ3n) is 3.77. The van der Waals surface area contributed by atoms with E-state index in [1.165, 1.54) is 9.88 Å². The Bertz CT molecular complexity index is 627. The number of thiophene rings is 1. The quantitative estimate of drug-likeness (QED) is 0.681. The van der Waals surface area contributed by atoms with Crippen LogP contribution in [0.15, 0.2) is 28.7 Å². The smallest absolute Gasteiger partial charge is 0.194 e. The lowest BCUT2D eigenvalue weighted by Crippen LogP contribution is -2.52. The molecule has 2 aromatic heterocycles. The summed E-state index contributed by atoms with van der Waals surface area (Å²) in [6.45, 7) is 9.83. The zero-order chi connectivity index (χ0) is 16.1. The summed E-state index contributed by atoms with van der Waals surface area (Å²) in [5.74, 6) is 1.01.